The van der Waals surface area contributed by atoms with Gasteiger partial charge in [-0.3, -0.25) is 0 Å². The molecule has 210 valence electrons. The van der Waals surface area contributed by atoms with E-state index in [1.807, 2.05) is 0 Å². The van der Waals surface area contributed by atoms with Crippen LogP contribution >= 0.6 is 0 Å². The van der Waals surface area contributed by atoms with Crippen molar-refractivity contribution in [2.24, 2.45) is 0 Å². The maximum Gasteiger partial charge on any atom is 0.448 e. The summed E-state index contributed by atoms with van der Waals surface area (Å²) in [5.41, 5.74) is 0. The first kappa shape index (κ1) is 31.8. The molecule has 1 heterocycles. The highest BCUT2D eigenvalue weighted by Crippen LogP contribution is 2.52. The van der Waals surface area contributed by atoms with Gasteiger partial charge in [0.15, 0.2) is 17.5 Å². The van der Waals surface area contributed by atoms with Crippen molar-refractivity contribution in [2.45, 2.75) is 33.5 Å². The quantitative estimate of drug-likeness (QED) is 0.344. The van der Waals surface area contributed by atoms with E-state index in [9.17, 15) is 89.6 Å². The van der Waals surface area contributed by atoms with E-state index in [2.05, 4.69) is 0 Å². The van der Waals surface area contributed by atoms with E-state index in [1.165, 1.54) is 15.0 Å². The van der Waals surface area contributed by atoms with Crippen molar-refractivity contribution in [3.63, 3.8) is 0 Å². The van der Waals surface area contributed by atoms with Gasteiger partial charge in [0.1, 0.15) is 0 Å². The Morgan fingerprint density at radius 1 is 0.389 bits per heavy atom. The molecule has 0 saturated heterocycles. The third-order valence-corrected chi connectivity index (χ3v) is 6.86. The minimum Gasteiger partial charge on any atom is -0.208 e. The standard InChI is InChI=1S/C9F15N3O6S3/c10-4(7(13,14)15,34(22,28)29)1-25-2(5(11,8(16,17)18)35(23,30)31)27-3(26-1)6(12,9(19,20)21)36(24,32)33. The van der Waals surface area contributed by atoms with Gasteiger partial charge in [0, 0.05) is 0 Å². The first-order valence-electron chi connectivity index (χ1n) is 7.18. The lowest BCUT2D eigenvalue weighted by Gasteiger charge is -2.28. The normalized spacial score (nSPS) is 19.8. The van der Waals surface area contributed by atoms with Crippen LogP contribution < -0.4 is 0 Å². The maximum atomic E-state index is 14.3. The van der Waals surface area contributed by atoms with Crippen molar-refractivity contribution < 1.29 is 89.6 Å². The van der Waals surface area contributed by atoms with Gasteiger partial charge in [0.2, 0.25) is 0 Å². The molecule has 0 radical (unpaired) electrons. The summed E-state index contributed by atoms with van der Waals surface area (Å²) in [5.74, 6) is -12.5. The SMILES string of the molecule is O=S(=O)(F)C(F)(c1nc(C(F)(C(F)(F)F)S(=O)(=O)F)nc(C(F)(C(F)(F)F)S(=O)(=O)F)n1)C(F)(F)F. The molecule has 27 heteroatoms. The van der Waals surface area contributed by atoms with Crippen molar-refractivity contribution in [1.82, 2.24) is 15.0 Å². The molecule has 1 aromatic rings. The summed E-state index contributed by atoms with van der Waals surface area (Å²) >= 11 is 0. The number of rotatable bonds is 6. The molecule has 0 amide bonds. The molecule has 0 spiro atoms. The summed E-state index contributed by atoms with van der Waals surface area (Å²) in [4.78, 5) is 3.66. The second-order valence-electron chi connectivity index (χ2n) is 5.90. The Balaban J connectivity index is 4.68. The number of alkyl halides is 12. The maximum absolute atomic E-state index is 14.3. The third kappa shape index (κ3) is 4.51. The Hall–Kier alpha value is -2.19. The molecule has 3 atom stereocenters. The zero-order chi connectivity index (χ0) is 29.4. The summed E-state index contributed by atoms with van der Waals surface area (Å²) in [7, 11) is -24.5. The molecule has 0 fully saturated rings. The highest BCUT2D eigenvalue weighted by atomic mass is 32.3. The van der Waals surface area contributed by atoms with E-state index in [1.54, 1.807) is 0 Å². The Kier molecular flexibility index (Phi) is 7.21. The number of hydrogen-bond acceptors (Lipinski definition) is 9. The summed E-state index contributed by atoms with van der Waals surface area (Å²) in [6.45, 7) is 0. The van der Waals surface area contributed by atoms with Crippen LogP contribution in [-0.2, 0) is 45.7 Å². The fourth-order valence-corrected chi connectivity index (χ4v) is 3.69. The molecular formula is C9F15N3O6S3. The molecule has 0 saturated carbocycles. The Morgan fingerprint density at radius 2 is 0.528 bits per heavy atom. The second-order valence-corrected chi connectivity index (χ2v) is 10.2. The van der Waals surface area contributed by atoms with Crippen LogP contribution in [0.2, 0.25) is 0 Å². The minimum absolute atomic E-state index is 1.22. The second kappa shape index (κ2) is 8.15. The molecule has 0 bridgehead atoms. The van der Waals surface area contributed by atoms with Crippen LogP contribution in [-0.4, -0.2) is 58.7 Å². The van der Waals surface area contributed by atoms with Crippen molar-refractivity contribution in [2.75, 3.05) is 0 Å². The number of hydrogen-bond donors (Lipinski definition) is 0. The van der Waals surface area contributed by atoms with Crippen molar-refractivity contribution >= 4 is 30.7 Å². The van der Waals surface area contributed by atoms with Crippen LogP contribution in [0.3, 0.4) is 0 Å². The average molecular weight is 627 g/mol. The Morgan fingerprint density at radius 3 is 0.611 bits per heavy atom. The molecule has 0 N–H and O–H groups in total. The van der Waals surface area contributed by atoms with Crippen LogP contribution in [0.25, 0.3) is 0 Å². The van der Waals surface area contributed by atoms with E-state index < -0.39 is 81.7 Å². The Bertz CT molecular complexity index is 1190. The van der Waals surface area contributed by atoms with Gasteiger partial charge >= 0.3 is 64.2 Å². The predicted octanol–water partition coefficient (Wildman–Crippen LogP) is 2.82. The predicted molar refractivity (Wildman–Crippen MR) is 76.4 cm³/mol. The number of halogens is 15. The van der Waals surface area contributed by atoms with Gasteiger partial charge < -0.3 is 0 Å². The molecule has 0 aliphatic carbocycles. The van der Waals surface area contributed by atoms with E-state index >= 15 is 0 Å². The topological polar surface area (TPSA) is 141 Å². The Labute approximate surface area is 187 Å². The minimum atomic E-state index is -8.18. The lowest BCUT2D eigenvalue weighted by atomic mass is 10.2. The smallest absolute Gasteiger partial charge is 0.208 e. The molecule has 0 aliphatic heterocycles. The zero-order valence-corrected chi connectivity index (χ0v) is 17.6. The monoisotopic (exact) mass is 627 g/mol. The number of nitrogens with zero attached hydrogens (tertiary/aromatic N) is 3. The summed E-state index contributed by atoms with van der Waals surface area (Å²) < 4.78 is 264. The third-order valence-electron chi connectivity index (χ3n) is 3.60. The summed E-state index contributed by atoms with van der Waals surface area (Å²) in [5, 5.41) is -21.5. The highest BCUT2D eigenvalue weighted by molar-refractivity contribution is 7.87. The van der Waals surface area contributed by atoms with E-state index in [0.717, 1.165) is 0 Å². The molecule has 0 aliphatic rings. The molecule has 3 unspecified atom stereocenters. The fraction of sp³-hybridized carbons (Fsp3) is 0.667. The van der Waals surface area contributed by atoms with Gasteiger partial charge in [0.05, 0.1) is 0 Å². The van der Waals surface area contributed by atoms with E-state index in [4.69, 9.17) is 0 Å². The first-order chi connectivity index (χ1) is 15.3. The van der Waals surface area contributed by atoms with Crippen LogP contribution in [0.4, 0.5) is 64.3 Å². The van der Waals surface area contributed by atoms with Crippen LogP contribution in [0, 0.1) is 0 Å². The summed E-state index contributed by atoms with van der Waals surface area (Å²) in [6.07, 6.45) is -22.4. The van der Waals surface area contributed by atoms with Crippen molar-refractivity contribution in [3.8, 4) is 0 Å². The average Bonchev–Trinajstić information content (AvgIpc) is 2.59. The lowest BCUT2D eigenvalue weighted by Crippen LogP contribution is -2.51. The largest absolute Gasteiger partial charge is 0.448 e. The first-order valence-corrected chi connectivity index (χ1v) is 11.3. The molecule has 9 nitrogen and oxygen atoms in total. The van der Waals surface area contributed by atoms with Gasteiger partial charge in [-0.05, 0) is 0 Å². The number of aromatic nitrogens is 3. The molecular weight excluding hydrogens is 627 g/mol. The van der Waals surface area contributed by atoms with Gasteiger partial charge in [-0.1, -0.05) is 0 Å². The van der Waals surface area contributed by atoms with Crippen LogP contribution in [0.5, 0.6) is 0 Å². The highest BCUT2D eigenvalue weighted by Gasteiger charge is 2.76. The molecule has 1 aromatic heterocycles. The van der Waals surface area contributed by atoms with E-state index in [0.29, 0.717) is 0 Å². The van der Waals surface area contributed by atoms with Gasteiger partial charge in [-0.25, -0.2) is 28.1 Å². The van der Waals surface area contributed by atoms with Crippen LogP contribution in [0.15, 0.2) is 0 Å². The summed E-state index contributed by atoms with van der Waals surface area (Å²) in [6, 6.07) is 0. The van der Waals surface area contributed by atoms with Crippen LogP contribution in [0.1, 0.15) is 17.5 Å². The molecule has 1 rings (SSSR count). The van der Waals surface area contributed by atoms with Crippen molar-refractivity contribution in [3.05, 3.63) is 17.5 Å². The zero-order valence-electron chi connectivity index (χ0n) is 15.2. The molecule has 36 heavy (non-hydrogen) atoms. The van der Waals surface area contributed by atoms with Crippen molar-refractivity contribution in [1.29, 1.82) is 0 Å². The van der Waals surface area contributed by atoms with Gasteiger partial charge in [-0.15, -0.1) is 11.7 Å². The fourth-order valence-electron chi connectivity index (χ4n) is 1.93. The lowest BCUT2D eigenvalue weighted by molar-refractivity contribution is -0.211. The molecule has 0 aromatic carbocycles. The van der Waals surface area contributed by atoms with Gasteiger partial charge in [-0.2, -0.15) is 64.8 Å². The van der Waals surface area contributed by atoms with Gasteiger partial charge in [0.25, 0.3) is 0 Å². The van der Waals surface area contributed by atoms with E-state index in [-0.39, 0.29) is 0 Å².